The number of rotatable bonds is 6. The van der Waals surface area contributed by atoms with Gasteiger partial charge in [-0.1, -0.05) is 17.7 Å². The Balaban J connectivity index is 1.28. The number of ether oxygens (including phenoxy) is 2. The molecule has 4 nitrogen and oxygen atoms in total. The summed E-state index contributed by atoms with van der Waals surface area (Å²) in [4.78, 5) is 6.55. The monoisotopic (exact) mass is 382 g/mol. The van der Waals surface area contributed by atoms with Crippen molar-refractivity contribution in [2.45, 2.75) is 18.9 Å². The SMILES string of the molecule is CC1(Oc2ccc(Cl)cc2)CCN(CCOc2ccc3ccncc3c2)C1. The van der Waals surface area contributed by atoms with E-state index in [2.05, 4.69) is 22.9 Å². The predicted octanol–water partition coefficient (Wildman–Crippen LogP) is 4.81. The minimum Gasteiger partial charge on any atom is -0.492 e. The van der Waals surface area contributed by atoms with Crippen molar-refractivity contribution in [2.24, 2.45) is 0 Å². The Morgan fingerprint density at radius 3 is 2.74 bits per heavy atom. The molecule has 0 saturated carbocycles. The molecule has 1 aromatic heterocycles. The third-order valence-electron chi connectivity index (χ3n) is 4.98. The van der Waals surface area contributed by atoms with E-state index in [1.807, 2.05) is 48.7 Å². The van der Waals surface area contributed by atoms with E-state index in [4.69, 9.17) is 21.1 Å². The van der Waals surface area contributed by atoms with E-state index < -0.39 is 0 Å². The first-order valence-electron chi connectivity index (χ1n) is 9.23. The number of hydrogen-bond acceptors (Lipinski definition) is 4. The highest BCUT2D eigenvalue weighted by molar-refractivity contribution is 6.30. The van der Waals surface area contributed by atoms with Crippen molar-refractivity contribution in [1.82, 2.24) is 9.88 Å². The van der Waals surface area contributed by atoms with Crippen molar-refractivity contribution < 1.29 is 9.47 Å². The zero-order valence-electron chi connectivity index (χ0n) is 15.4. The van der Waals surface area contributed by atoms with E-state index in [0.29, 0.717) is 6.61 Å². The molecule has 4 rings (SSSR count). The Labute approximate surface area is 164 Å². The van der Waals surface area contributed by atoms with Crippen LogP contribution >= 0.6 is 11.6 Å². The summed E-state index contributed by atoms with van der Waals surface area (Å²) < 4.78 is 12.2. The molecule has 1 unspecified atom stereocenters. The summed E-state index contributed by atoms with van der Waals surface area (Å²) in [7, 11) is 0. The number of halogens is 1. The molecule has 3 aromatic rings. The van der Waals surface area contributed by atoms with Gasteiger partial charge in [-0.3, -0.25) is 9.88 Å². The van der Waals surface area contributed by atoms with Crippen molar-refractivity contribution in [3.8, 4) is 11.5 Å². The molecular formula is C22H23ClN2O2. The minimum absolute atomic E-state index is 0.178. The molecule has 0 spiro atoms. The quantitative estimate of drug-likeness (QED) is 0.612. The topological polar surface area (TPSA) is 34.6 Å². The Morgan fingerprint density at radius 1 is 1.07 bits per heavy atom. The number of hydrogen-bond donors (Lipinski definition) is 0. The van der Waals surface area contributed by atoms with E-state index in [9.17, 15) is 0 Å². The van der Waals surface area contributed by atoms with Gasteiger partial charge in [-0.25, -0.2) is 0 Å². The summed E-state index contributed by atoms with van der Waals surface area (Å²) in [5, 5.41) is 2.99. The highest BCUT2D eigenvalue weighted by Gasteiger charge is 2.35. The van der Waals surface area contributed by atoms with Gasteiger partial charge in [-0.2, -0.15) is 0 Å². The molecule has 0 bridgehead atoms. The first-order valence-corrected chi connectivity index (χ1v) is 9.61. The van der Waals surface area contributed by atoms with Gasteiger partial charge in [0.2, 0.25) is 0 Å². The average Bonchev–Trinajstić information content (AvgIpc) is 3.04. The van der Waals surface area contributed by atoms with Crippen LogP contribution in [0.2, 0.25) is 5.02 Å². The fraction of sp³-hybridized carbons (Fsp3) is 0.318. The van der Waals surface area contributed by atoms with E-state index in [-0.39, 0.29) is 5.60 Å². The van der Waals surface area contributed by atoms with E-state index in [1.54, 1.807) is 6.20 Å². The molecule has 5 heteroatoms. The van der Waals surface area contributed by atoms with Gasteiger partial charge in [-0.05, 0) is 54.8 Å². The minimum atomic E-state index is -0.178. The lowest BCUT2D eigenvalue weighted by Crippen LogP contribution is -2.37. The van der Waals surface area contributed by atoms with Crippen LogP contribution in [-0.2, 0) is 0 Å². The molecule has 1 atom stereocenters. The molecule has 2 heterocycles. The smallest absolute Gasteiger partial charge is 0.120 e. The Hall–Kier alpha value is -2.30. The maximum atomic E-state index is 6.21. The Kier molecular flexibility index (Phi) is 5.19. The van der Waals surface area contributed by atoms with Gasteiger partial charge in [0.15, 0.2) is 0 Å². The van der Waals surface area contributed by atoms with Gasteiger partial charge >= 0.3 is 0 Å². The van der Waals surface area contributed by atoms with Gasteiger partial charge in [0.25, 0.3) is 0 Å². The molecular weight excluding hydrogens is 360 g/mol. The standard InChI is InChI=1S/C22H23ClN2O2/c1-22(27-20-6-3-19(23)4-7-20)9-11-25(16-22)12-13-26-21-5-2-17-8-10-24-15-18(17)14-21/h2-8,10,14-15H,9,11-13,16H2,1H3. The van der Waals surface area contributed by atoms with Gasteiger partial charge in [0, 0.05) is 48.9 Å². The van der Waals surface area contributed by atoms with Crippen LogP contribution in [0.3, 0.4) is 0 Å². The largest absolute Gasteiger partial charge is 0.492 e. The lowest BCUT2D eigenvalue weighted by atomic mass is 10.1. The van der Waals surface area contributed by atoms with Crippen molar-refractivity contribution in [3.63, 3.8) is 0 Å². The second kappa shape index (κ2) is 7.75. The number of nitrogens with zero attached hydrogens (tertiary/aromatic N) is 2. The van der Waals surface area contributed by atoms with Gasteiger partial charge in [0.05, 0.1) is 0 Å². The van der Waals surface area contributed by atoms with Gasteiger partial charge in [0.1, 0.15) is 23.7 Å². The zero-order chi connectivity index (χ0) is 18.7. The van der Waals surface area contributed by atoms with E-state index in [1.165, 1.54) is 5.39 Å². The maximum Gasteiger partial charge on any atom is 0.120 e. The molecule has 1 saturated heterocycles. The Bertz CT molecular complexity index is 916. The molecule has 140 valence electrons. The van der Waals surface area contributed by atoms with Crippen molar-refractivity contribution in [2.75, 3.05) is 26.2 Å². The fourth-order valence-electron chi connectivity index (χ4n) is 3.53. The molecule has 27 heavy (non-hydrogen) atoms. The number of fused-ring (bicyclic) bond motifs is 1. The molecule has 0 aliphatic carbocycles. The van der Waals surface area contributed by atoms with Crippen molar-refractivity contribution in [3.05, 3.63) is 65.9 Å². The van der Waals surface area contributed by atoms with Crippen LogP contribution < -0.4 is 9.47 Å². The summed E-state index contributed by atoms with van der Waals surface area (Å²) in [6.07, 6.45) is 4.67. The van der Waals surface area contributed by atoms with Crippen LogP contribution in [0.4, 0.5) is 0 Å². The summed E-state index contributed by atoms with van der Waals surface area (Å²) in [5.41, 5.74) is -0.178. The summed E-state index contributed by atoms with van der Waals surface area (Å²) in [6.45, 7) is 5.60. The summed E-state index contributed by atoms with van der Waals surface area (Å²) in [5.74, 6) is 1.75. The normalized spacial score (nSPS) is 20.1. The molecule has 2 aromatic carbocycles. The highest BCUT2D eigenvalue weighted by Crippen LogP contribution is 2.28. The fourth-order valence-corrected chi connectivity index (χ4v) is 3.66. The lowest BCUT2D eigenvalue weighted by molar-refractivity contribution is 0.0935. The van der Waals surface area contributed by atoms with E-state index >= 15 is 0 Å². The molecule has 1 aliphatic heterocycles. The summed E-state index contributed by atoms with van der Waals surface area (Å²) in [6, 6.07) is 15.7. The molecule has 1 fully saturated rings. The highest BCUT2D eigenvalue weighted by atomic mass is 35.5. The van der Waals surface area contributed by atoms with Crippen LogP contribution in [0.25, 0.3) is 10.8 Å². The zero-order valence-corrected chi connectivity index (χ0v) is 16.2. The second-order valence-corrected chi connectivity index (χ2v) is 7.70. The van der Waals surface area contributed by atoms with Crippen LogP contribution in [0.5, 0.6) is 11.5 Å². The summed E-state index contributed by atoms with van der Waals surface area (Å²) >= 11 is 5.94. The van der Waals surface area contributed by atoms with Crippen LogP contribution in [0.15, 0.2) is 60.9 Å². The third kappa shape index (κ3) is 4.52. The number of likely N-dealkylation sites (tertiary alicyclic amines) is 1. The molecule has 0 amide bonds. The van der Waals surface area contributed by atoms with Crippen LogP contribution in [-0.4, -0.2) is 41.7 Å². The maximum absolute atomic E-state index is 6.21. The van der Waals surface area contributed by atoms with Crippen LogP contribution in [0, 0.1) is 0 Å². The first kappa shape index (κ1) is 18.1. The molecule has 0 N–H and O–H groups in total. The predicted molar refractivity (Wildman–Crippen MR) is 109 cm³/mol. The first-order chi connectivity index (χ1) is 13.1. The molecule has 0 radical (unpaired) electrons. The van der Waals surface area contributed by atoms with Gasteiger partial charge < -0.3 is 9.47 Å². The third-order valence-corrected chi connectivity index (χ3v) is 5.23. The lowest BCUT2D eigenvalue weighted by Gasteiger charge is -2.26. The second-order valence-electron chi connectivity index (χ2n) is 7.27. The molecule has 1 aliphatic rings. The number of aromatic nitrogens is 1. The number of benzene rings is 2. The van der Waals surface area contributed by atoms with Crippen LogP contribution in [0.1, 0.15) is 13.3 Å². The van der Waals surface area contributed by atoms with Crippen molar-refractivity contribution in [1.29, 1.82) is 0 Å². The van der Waals surface area contributed by atoms with Crippen molar-refractivity contribution >= 4 is 22.4 Å². The Morgan fingerprint density at radius 2 is 1.89 bits per heavy atom. The average molecular weight is 383 g/mol. The van der Waals surface area contributed by atoms with E-state index in [0.717, 1.165) is 48.0 Å². The van der Waals surface area contributed by atoms with Gasteiger partial charge in [-0.15, -0.1) is 0 Å². The number of pyridine rings is 1.